The van der Waals surface area contributed by atoms with Crippen molar-refractivity contribution in [2.24, 2.45) is 5.14 Å². The number of benzene rings is 1. The van der Waals surface area contributed by atoms with Gasteiger partial charge < -0.3 is 9.90 Å². The zero-order valence-corrected chi connectivity index (χ0v) is 18.2. The van der Waals surface area contributed by atoms with Gasteiger partial charge >= 0.3 is 10.2 Å². The molecule has 2 heterocycles. The molecule has 0 atom stereocenters. The van der Waals surface area contributed by atoms with Crippen molar-refractivity contribution in [3.8, 4) is 11.1 Å². The van der Waals surface area contributed by atoms with Crippen molar-refractivity contribution in [1.29, 1.82) is 0 Å². The second-order valence-corrected chi connectivity index (χ2v) is 10.9. The molecule has 0 spiro atoms. The number of hydrogen-bond acceptors (Lipinski definition) is 6. The normalized spacial score (nSPS) is 16.8. The molecule has 0 bridgehead atoms. The molecule has 0 aliphatic carbocycles. The van der Waals surface area contributed by atoms with Crippen LogP contribution in [0.3, 0.4) is 0 Å². The summed E-state index contributed by atoms with van der Waals surface area (Å²) in [6.45, 7) is 0.831. The van der Waals surface area contributed by atoms with E-state index in [-0.39, 0.29) is 11.5 Å². The first-order valence-corrected chi connectivity index (χ1v) is 12.1. The predicted molar refractivity (Wildman–Crippen MR) is 109 cm³/mol. The number of carboxylic acids is 1. The number of aromatic carboxylic acids is 1. The molecule has 1 saturated heterocycles. The monoisotopic (exact) mass is 455 g/mol. The first kappa shape index (κ1) is 22.4. The summed E-state index contributed by atoms with van der Waals surface area (Å²) in [5, 5.41) is 16.6. The fourth-order valence-electron chi connectivity index (χ4n) is 3.64. The number of hydrogen-bond donors (Lipinski definition) is 1. The lowest BCUT2D eigenvalue weighted by Crippen LogP contribution is -2.44. The lowest BCUT2D eigenvalue weighted by atomic mass is 9.89. The number of rotatable bonds is 6. The van der Waals surface area contributed by atoms with Crippen molar-refractivity contribution in [2.75, 3.05) is 27.2 Å². The van der Waals surface area contributed by atoms with E-state index >= 15 is 0 Å². The largest absolute Gasteiger partial charge is 0.543 e. The van der Waals surface area contributed by atoms with Gasteiger partial charge in [-0.2, -0.15) is 25.4 Å². The van der Waals surface area contributed by atoms with E-state index < -0.39 is 32.1 Å². The van der Waals surface area contributed by atoms with E-state index in [0.717, 1.165) is 11.8 Å². The Morgan fingerprint density at radius 2 is 1.63 bits per heavy atom. The van der Waals surface area contributed by atoms with Crippen molar-refractivity contribution >= 4 is 26.4 Å². The number of carbonyl (C=O) groups excluding carboxylic acids is 1. The van der Waals surface area contributed by atoms with Crippen molar-refractivity contribution in [2.45, 2.75) is 18.8 Å². The van der Waals surface area contributed by atoms with Crippen LogP contribution in [-0.2, 0) is 20.4 Å². The van der Waals surface area contributed by atoms with Gasteiger partial charge in [-0.05, 0) is 36.0 Å². The number of aromatic nitrogens is 1. The van der Waals surface area contributed by atoms with Gasteiger partial charge in [-0.1, -0.05) is 24.3 Å². The number of carboxylic acid groups (broad SMARTS) is 1. The number of nitrogens with zero attached hydrogens (tertiary/aromatic N) is 3. The molecule has 10 nitrogen and oxygen atoms in total. The van der Waals surface area contributed by atoms with Gasteiger partial charge in [0.2, 0.25) is 0 Å². The zero-order valence-electron chi connectivity index (χ0n) is 16.6. The van der Waals surface area contributed by atoms with E-state index in [1.807, 2.05) is 12.1 Å². The van der Waals surface area contributed by atoms with Crippen LogP contribution in [-0.4, -0.2) is 62.6 Å². The molecular formula is C18H23N4O6S2-. The van der Waals surface area contributed by atoms with Crippen LogP contribution in [0.5, 0.6) is 0 Å². The van der Waals surface area contributed by atoms with E-state index in [1.54, 1.807) is 12.1 Å². The third kappa shape index (κ3) is 4.27. The second kappa shape index (κ2) is 8.12. The van der Waals surface area contributed by atoms with Gasteiger partial charge in [-0.25, -0.2) is 9.11 Å². The van der Waals surface area contributed by atoms with Crippen LogP contribution in [0.15, 0.2) is 36.5 Å². The maximum atomic E-state index is 12.2. The lowest BCUT2D eigenvalue weighted by molar-refractivity contribution is -0.255. The topological polar surface area (TPSA) is 146 Å². The quantitative estimate of drug-likeness (QED) is 0.625. The number of nitrogens with two attached hydrogens (primary N) is 1. The van der Waals surface area contributed by atoms with Gasteiger partial charge in [0.15, 0.2) is 0 Å². The lowest BCUT2D eigenvalue weighted by Gasteiger charge is -2.33. The van der Waals surface area contributed by atoms with Crippen molar-refractivity contribution in [1.82, 2.24) is 12.6 Å². The maximum absolute atomic E-state index is 12.2. The zero-order chi connectivity index (χ0) is 22.3. The van der Waals surface area contributed by atoms with Gasteiger partial charge in [-0.15, -0.1) is 0 Å². The average molecular weight is 456 g/mol. The minimum Gasteiger partial charge on any atom is -0.543 e. The fraction of sp³-hybridized carbons (Fsp3) is 0.389. The molecule has 1 aliphatic rings. The van der Waals surface area contributed by atoms with Gasteiger partial charge in [0, 0.05) is 38.9 Å². The smallest absolute Gasteiger partial charge is 0.302 e. The number of piperidine rings is 1. The van der Waals surface area contributed by atoms with E-state index in [2.05, 4.69) is 0 Å². The van der Waals surface area contributed by atoms with E-state index in [0.29, 0.717) is 35.5 Å². The Bertz CT molecular complexity index is 1150. The minimum absolute atomic E-state index is 0.169. The molecule has 164 valence electrons. The van der Waals surface area contributed by atoms with Crippen molar-refractivity contribution in [3.05, 3.63) is 47.8 Å². The molecule has 1 fully saturated rings. The molecule has 0 saturated carbocycles. The molecule has 30 heavy (non-hydrogen) atoms. The Morgan fingerprint density at radius 3 is 2.10 bits per heavy atom. The summed E-state index contributed by atoms with van der Waals surface area (Å²) in [6.07, 6.45) is 2.40. The van der Waals surface area contributed by atoms with Crippen molar-refractivity contribution < 1.29 is 26.7 Å². The average Bonchev–Trinajstić information content (AvgIpc) is 3.14. The van der Waals surface area contributed by atoms with E-state index in [1.165, 1.54) is 28.8 Å². The van der Waals surface area contributed by atoms with Crippen LogP contribution in [0.25, 0.3) is 11.1 Å². The Labute approximate surface area is 175 Å². The molecule has 2 aromatic rings. The molecule has 0 unspecified atom stereocenters. The van der Waals surface area contributed by atoms with Crippen LogP contribution >= 0.6 is 0 Å². The summed E-state index contributed by atoms with van der Waals surface area (Å²) in [7, 11) is -4.69. The summed E-state index contributed by atoms with van der Waals surface area (Å²) < 4.78 is 50.8. The summed E-state index contributed by atoms with van der Waals surface area (Å²) in [4.78, 5) is 11.5. The van der Waals surface area contributed by atoms with Gasteiger partial charge in [0.25, 0.3) is 10.2 Å². The Kier molecular flexibility index (Phi) is 6.07. The fourth-order valence-corrected chi connectivity index (χ4v) is 5.44. The van der Waals surface area contributed by atoms with E-state index in [4.69, 9.17) is 5.14 Å². The predicted octanol–water partition coefficient (Wildman–Crippen LogP) is -0.444. The van der Waals surface area contributed by atoms with Crippen LogP contribution < -0.4 is 10.2 Å². The highest BCUT2D eigenvalue weighted by atomic mass is 32.2. The summed E-state index contributed by atoms with van der Waals surface area (Å²) in [5.74, 6) is -1.48. The third-order valence-corrected chi connectivity index (χ3v) is 8.05. The maximum Gasteiger partial charge on any atom is 0.302 e. The summed E-state index contributed by atoms with van der Waals surface area (Å²) in [5.41, 5.74) is 1.16. The molecule has 12 heteroatoms. The van der Waals surface area contributed by atoms with Crippen LogP contribution in [0.1, 0.15) is 34.8 Å². The molecule has 0 radical (unpaired) electrons. The SMILES string of the molecule is CN(C)S(=O)(=O)N1CCC(c2ccc(-c3ccn(S(N)(=O)=O)c3C(=O)[O-])cc2)CC1. The summed E-state index contributed by atoms with van der Waals surface area (Å²) >= 11 is 0. The highest BCUT2D eigenvalue weighted by molar-refractivity contribution is 7.87. The van der Waals surface area contributed by atoms with Crippen molar-refractivity contribution in [3.63, 3.8) is 0 Å². The standard InChI is InChI=1S/C18H24N4O6S2/c1-20(2)30(27,28)21-10-7-14(8-11-21)13-3-5-15(6-4-13)16-9-12-22(29(19,25)26)17(16)18(23)24/h3-6,9,12,14H,7-8,10-11H2,1-2H3,(H,23,24)(H2,19,25,26)/p-1. The minimum atomic E-state index is -4.28. The van der Waals surface area contributed by atoms with Gasteiger partial charge in [0.1, 0.15) is 0 Å². The molecule has 3 rings (SSSR count). The molecule has 0 amide bonds. The summed E-state index contributed by atoms with van der Waals surface area (Å²) in [6, 6.07) is 8.43. The molecule has 1 aromatic heterocycles. The first-order valence-electron chi connectivity index (χ1n) is 9.17. The Morgan fingerprint density at radius 1 is 1.07 bits per heavy atom. The van der Waals surface area contributed by atoms with E-state index in [9.17, 15) is 26.7 Å². The first-order chi connectivity index (χ1) is 13.9. The highest BCUT2D eigenvalue weighted by Gasteiger charge is 2.30. The van der Waals surface area contributed by atoms with Crippen LogP contribution in [0.4, 0.5) is 0 Å². The van der Waals surface area contributed by atoms with Crippen LogP contribution in [0, 0.1) is 0 Å². The second-order valence-electron chi connectivity index (χ2n) is 7.29. The van der Waals surface area contributed by atoms with Gasteiger partial charge in [0.05, 0.1) is 11.7 Å². The third-order valence-electron chi connectivity index (χ3n) is 5.25. The Balaban J connectivity index is 1.81. The van der Waals surface area contributed by atoms with Crippen LogP contribution in [0.2, 0.25) is 0 Å². The number of carbonyl (C=O) groups is 1. The molecular weight excluding hydrogens is 432 g/mol. The highest BCUT2D eigenvalue weighted by Crippen LogP contribution is 2.32. The van der Waals surface area contributed by atoms with Gasteiger partial charge in [-0.3, -0.25) is 0 Å². The molecule has 2 N–H and O–H groups in total. The molecule has 1 aliphatic heterocycles. The Hall–Kier alpha value is -2.25. The molecule has 1 aromatic carbocycles.